The van der Waals surface area contributed by atoms with Crippen molar-refractivity contribution in [2.24, 2.45) is 0 Å². The van der Waals surface area contributed by atoms with Crippen molar-refractivity contribution in [2.75, 3.05) is 19.6 Å². The first-order valence-electron chi connectivity index (χ1n) is 9.63. The van der Waals surface area contributed by atoms with Gasteiger partial charge in [-0.15, -0.1) is 0 Å². The van der Waals surface area contributed by atoms with Crippen LogP contribution in [0.25, 0.3) is 0 Å². The minimum atomic E-state index is -0.109. The molecule has 0 unspecified atom stereocenters. The fraction of sp³-hybridized carbons (Fsp3) is 0.364. The van der Waals surface area contributed by atoms with Gasteiger partial charge in [0.25, 0.3) is 0 Å². The van der Waals surface area contributed by atoms with Gasteiger partial charge in [0.2, 0.25) is 5.91 Å². The first-order chi connectivity index (χ1) is 13.5. The normalized spacial score (nSPS) is 15.0. The van der Waals surface area contributed by atoms with E-state index in [4.69, 9.17) is 11.6 Å². The molecule has 3 amide bonds. The molecule has 5 nitrogen and oxygen atoms in total. The van der Waals surface area contributed by atoms with E-state index >= 15 is 0 Å². The summed E-state index contributed by atoms with van der Waals surface area (Å²) in [5.41, 5.74) is 2.29. The lowest BCUT2D eigenvalue weighted by atomic mass is 10.1. The summed E-state index contributed by atoms with van der Waals surface area (Å²) in [5.74, 6) is -0.109. The molecule has 0 saturated carbocycles. The number of nitrogens with one attached hydrogen (secondary N) is 1. The summed E-state index contributed by atoms with van der Waals surface area (Å²) in [5, 5.41) is 3.68. The number of carbonyl (C=O) groups is 2. The van der Waals surface area contributed by atoms with Gasteiger partial charge >= 0.3 is 6.03 Å². The molecule has 0 radical (unpaired) electrons. The Balaban J connectivity index is 1.42. The Morgan fingerprint density at radius 2 is 1.71 bits per heavy atom. The number of urea groups is 1. The Morgan fingerprint density at radius 3 is 2.43 bits per heavy atom. The van der Waals surface area contributed by atoms with Gasteiger partial charge in [0, 0.05) is 30.7 Å². The summed E-state index contributed by atoms with van der Waals surface area (Å²) >= 11 is 5.90. The molecule has 28 heavy (non-hydrogen) atoms. The van der Waals surface area contributed by atoms with E-state index in [-0.39, 0.29) is 24.5 Å². The molecule has 1 atom stereocenters. The zero-order chi connectivity index (χ0) is 19.9. The number of benzene rings is 2. The summed E-state index contributed by atoms with van der Waals surface area (Å²) in [4.78, 5) is 28.3. The second-order valence-electron chi connectivity index (χ2n) is 7.24. The Bertz CT molecular complexity index is 795. The lowest BCUT2D eigenvalue weighted by Gasteiger charge is -2.20. The Labute approximate surface area is 171 Å². The number of carbonyl (C=O) groups excluding carboxylic acids is 2. The number of aryl methyl sites for hydroxylation is 1. The highest BCUT2D eigenvalue weighted by molar-refractivity contribution is 6.30. The van der Waals surface area contributed by atoms with Gasteiger partial charge in [-0.25, -0.2) is 4.79 Å². The van der Waals surface area contributed by atoms with E-state index in [9.17, 15) is 9.59 Å². The van der Waals surface area contributed by atoms with Crippen molar-refractivity contribution in [3.63, 3.8) is 0 Å². The van der Waals surface area contributed by atoms with Crippen LogP contribution in [0.2, 0.25) is 5.02 Å². The van der Waals surface area contributed by atoms with E-state index in [1.165, 1.54) is 5.56 Å². The van der Waals surface area contributed by atoms with Crippen molar-refractivity contribution >= 4 is 23.5 Å². The second-order valence-corrected chi connectivity index (χ2v) is 7.68. The maximum Gasteiger partial charge on any atom is 0.320 e. The van der Waals surface area contributed by atoms with Crippen LogP contribution in [0.3, 0.4) is 0 Å². The van der Waals surface area contributed by atoms with E-state index in [0.717, 1.165) is 18.4 Å². The molecule has 1 aliphatic heterocycles. The van der Waals surface area contributed by atoms with Gasteiger partial charge < -0.3 is 15.1 Å². The largest absolute Gasteiger partial charge is 0.352 e. The summed E-state index contributed by atoms with van der Waals surface area (Å²) in [6, 6.07) is 17.7. The molecule has 1 aliphatic rings. The predicted octanol–water partition coefficient (Wildman–Crippen LogP) is 3.72. The number of hydrogen-bond donors (Lipinski definition) is 1. The van der Waals surface area contributed by atoms with Crippen molar-refractivity contribution in [3.8, 4) is 0 Å². The first-order valence-corrected chi connectivity index (χ1v) is 10.0. The van der Waals surface area contributed by atoms with Crippen LogP contribution in [-0.4, -0.2) is 47.4 Å². The third kappa shape index (κ3) is 5.73. The van der Waals surface area contributed by atoms with Crippen LogP contribution in [-0.2, 0) is 17.8 Å². The third-order valence-corrected chi connectivity index (χ3v) is 5.17. The minimum absolute atomic E-state index is 0.0654. The smallest absolute Gasteiger partial charge is 0.320 e. The van der Waals surface area contributed by atoms with Crippen LogP contribution in [0.5, 0.6) is 0 Å². The molecule has 1 heterocycles. The van der Waals surface area contributed by atoms with Crippen LogP contribution in [0.4, 0.5) is 4.79 Å². The number of rotatable bonds is 8. The second kappa shape index (κ2) is 9.60. The van der Waals surface area contributed by atoms with Gasteiger partial charge in [-0.2, -0.15) is 0 Å². The molecule has 148 valence electrons. The zero-order valence-corrected chi connectivity index (χ0v) is 16.9. The van der Waals surface area contributed by atoms with Gasteiger partial charge in [0.05, 0.1) is 0 Å². The molecule has 6 heteroatoms. The molecule has 0 spiro atoms. The number of halogens is 1. The maximum atomic E-state index is 12.6. The van der Waals surface area contributed by atoms with Gasteiger partial charge in [-0.3, -0.25) is 4.79 Å². The highest BCUT2D eigenvalue weighted by atomic mass is 35.5. The average molecular weight is 400 g/mol. The topological polar surface area (TPSA) is 52.7 Å². The summed E-state index contributed by atoms with van der Waals surface area (Å²) < 4.78 is 0. The van der Waals surface area contributed by atoms with Crippen LogP contribution >= 0.6 is 11.6 Å². The molecule has 0 bridgehead atoms. The van der Waals surface area contributed by atoms with E-state index in [2.05, 4.69) is 17.4 Å². The molecule has 2 aromatic carbocycles. The van der Waals surface area contributed by atoms with E-state index in [0.29, 0.717) is 24.7 Å². The zero-order valence-electron chi connectivity index (χ0n) is 16.1. The van der Waals surface area contributed by atoms with Crippen molar-refractivity contribution < 1.29 is 9.59 Å². The van der Waals surface area contributed by atoms with Crippen LogP contribution in [0.1, 0.15) is 24.5 Å². The Kier molecular flexibility index (Phi) is 6.93. The first kappa shape index (κ1) is 20.2. The molecule has 3 rings (SSSR count). The van der Waals surface area contributed by atoms with Crippen molar-refractivity contribution in [3.05, 3.63) is 70.7 Å². The fourth-order valence-electron chi connectivity index (χ4n) is 3.33. The lowest BCUT2D eigenvalue weighted by Crippen LogP contribution is -2.42. The molecule has 2 aromatic rings. The molecular formula is C22H26ClN3O2. The van der Waals surface area contributed by atoms with Crippen molar-refractivity contribution in [1.29, 1.82) is 0 Å². The van der Waals surface area contributed by atoms with Gasteiger partial charge in [-0.05, 0) is 43.0 Å². The molecule has 0 aromatic heterocycles. The third-order valence-electron chi connectivity index (χ3n) is 4.92. The molecule has 1 fully saturated rings. The monoisotopic (exact) mass is 399 g/mol. The van der Waals surface area contributed by atoms with Gasteiger partial charge in [0.15, 0.2) is 0 Å². The van der Waals surface area contributed by atoms with E-state index in [1.807, 2.05) is 49.4 Å². The van der Waals surface area contributed by atoms with Crippen molar-refractivity contribution in [2.45, 2.75) is 32.4 Å². The average Bonchev–Trinajstić information content (AvgIpc) is 3.02. The molecular weight excluding hydrogens is 374 g/mol. The van der Waals surface area contributed by atoms with Gasteiger partial charge in [0.1, 0.15) is 6.54 Å². The highest BCUT2D eigenvalue weighted by Crippen LogP contribution is 2.15. The lowest BCUT2D eigenvalue weighted by molar-refractivity contribution is -0.122. The number of nitrogens with zero attached hydrogens (tertiary/aromatic N) is 2. The van der Waals surface area contributed by atoms with E-state index in [1.54, 1.807) is 9.80 Å². The van der Waals surface area contributed by atoms with Crippen LogP contribution in [0, 0.1) is 0 Å². The van der Waals surface area contributed by atoms with Crippen molar-refractivity contribution in [1.82, 2.24) is 15.1 Å². The maximum absolute atomic E-state index is 12.6. The minimum Gasteiger partial charge on any atom is -0.352 e. The molecule has 0 aliphatic carbocycles. The van der Waals surface area contributed by atoms with Crippen LogP contribution < -0.4 is 5.32 Å². The fourth-order valence-corrected chi connectivity index (χ4v) is 3.46. The number of amides is 3. The summed E-state index contributed by atoms with van der Waals surface area (Å²) in [6.07, 6.45) is 1.78. The highest BCUT2D eigenvalue weighted by Gasteiger charge is 2.29. The Hall–Kier alpha value is -2.53. The standard InChI is InChI=1S/C22H26ClN3O2/c1-17(7-8-18-5-3-2-4-6-18)24-21(27)16-26-14-13-25(22(26)28)15-19-9-11-20(23)12-10-19/h2-6,9-12,17H,7-8,13-16H2,1H3,(H,24,27)/t17-/m1/s1. The molecule has 1 N–H and O–H groups in total. The predicted molar refractivity (Wildman–Crippen MR) is 111 cm³/mol. The summed E-state index contributed by atoms with van der Waals surface area (Å²) in [6.45, 7) is 3.82. The van der Waals surface area contributed by atoms with E-state index < -0.39 is 0 Å². The Morgan fingerprint density at radius 1 is 1.04 bits per heavy atom. The van der Waals surface area contributed by atoms with Crippen LogP contribution in [0.15, 0.2) is 54.6 Å². The van der Waals surface area contributed by atoms with Gasteiger partial charge in [-0.1, -0.05) is 54.1 Å². The summed E-state index contributed by atoms with van der Waals surface area (Å²) in [7, 11) is 0. The number of hydrogen-bond acceptors (Lipinski definition) is 2. The quantitative estimate of drug-likeness (QED) is 0.735. The SMILES string of the molecule is C[C@H](CCc1ccccc1)NC(=O)CN1CCN(Cc2ccc(Cl)cc2)C1=O. The molecule has 1 saturated heterocycles.